The summed E-state index contributed by atoms with van der Waals surface area (Å²) in [5.41, 5.74) is 1.94. The van der Waals surface area contributed by atoms with Crippen LogP contribution in [-0.4, -0.2) is 46.9 Å². The number of aromatic nitrogens is 2. The van der Waals surface area contributed by atoms with Crippen molar-refractivity contribution in [3.8, 4) is 0 Å². The number of carbonyl (C=O) groups excluding carboxylic acids is 2. The summed E-state index contributed by atoms with van der Waals surface area (Å²) in [6, 6.07) is 8.64. The molecule has 1 atom stereocenters. The van der Waals surface area contributed by atoms with E-state index >= 15 is 0 Å². The number of nitrogens with zero attached hydrogens (tertiary/aromatic N) is 3. The van der Waals surface area contributed by atoms with Crippen LogP contribution in [0.3, 0.4) is 0 Å². The van der Waals surface area contributed by atoms with E-state index in [-0.39, 0.29) is 11.9 Å². The molecule has 142 valence electrons. The number of carbonyl (C=O) groups is 2. The quantitative estimate of drug-likeness (QED) is 0.835. The first-order valence-electron chi connectivity index (χ1n) is 9.07. The molecule has 1 aromatic heterocycles. The van der Waals surface area contributed by atoms with Crippen molar-refractivity contribution in [1.82, 2.24) is 14.9 Å². The number of rotatable bonds is 4. The molecule has 0 saturated carbocycles. The van der Waals surface area contributed by atoms with Crippen LogP contribution in [0.4, 0.5) is 11.6 Å². The third-order valence-corrected chi connectivity index (χ3v) is 4.60. The first kappa shape index (κ1) is 18.8. The molecule has 0 aliphatic carbocycles. The fourth-order valence-corrected chi connectivity index (χ4v) is 3.27. The molecule has 1 unspecified atom stereocenters. The Kier molecular flexibility index (Phi) is 5.69. The lowest BCUT2D eigenvalue weighted by molar-refractivity contribution is 0.0601. The van der Waals surface area contributed by atoms with Crippen LogP contribution in [0, 0.1) is 12.8 Å². The van der Waals surface area contributed by atoms with Gasteiger partial charge in [0, 0.05) is 18.8 Å². The Morgan fingerprint density at radius 3 is 2.78 bits per heavy atom. The van der Waals surface area contributed by atoms with Crippen molar-refractivity contribution in [3.05, 3.63) is 47.3 Å². The van der Waals surface area contributed by atoms with Gasteiger partial charge >= 0.3 is 5.97 Å². The zero-order valence-corrected chi connectivity index (χ0v) is 15.9. The highest BCUT2D eigenvalue weighted by Crippen LogP contribution is 2.21. The van der Waals surface area contributed by atoms with Crippen LogP contribution in [0.1, 0.15) is 46.3 Å². The fraction of sp³-hybridized carbons (Fsp3) is 0.400. The maximum absolute atomic E-state index is 12.9. The summed E-state index contributed by atoms with van der Waals surface area (Å²) in [6.45, 7) is 5.46. The fourth-order valence-electron chi connectivity index (χ4n) is 3.27. The second kappa shape index (κ2) is 8.16. The van der Waals surface area contributed by atoms with Crippen molar-refractivity contribution in [2.75, 3.05) is 25.5 Å². The average Bonchev–Trinajstić information content (AvgIpc) is 2.66. The van der Waals surface area contributed by atoms with Crippen LogP contribution in [0.25, 0.3) is 0 Å². The lowest BCUT2D eigenvalue weighted by atomic mass is 10.00. The number of aryl methyl sites for hydroxylation is 1. The number of hydrogen-bond acceptors (Lipinski definition) is 6. The van der Waals surface area contributed by atoms with E-state index in [0.29, 0.717) is 28.6 Å². The van der Waals surface area contributed by atoms with Crippen molar-refractivity contribution in [2.24, 2.45) is 5.92 Å². The standard InChI is InChI=1S/C20H24N4O3/c1-13-7-6-10-24(12-13)18(25)17-11-14(2)21-20(23-17)22-16-9-5-4-8-15(16)19(26)27-3/h4-5,8-9,11,13H,6-7,10,12H2,1-3H3,(H,21,22,23). The molecule has 0 radical (unpaired) electrons. The number of nitrogens with one attached hydrogen (secondary N) is 1. The molecular weight excluding hydrogens is 344 g/mol. The van der Waals surface area contributed by atoms with E-state index in [1.54, 1.807) is 30.3 Å². The predicted molar refractivity (Wildman–Crippen MR) is 102 cm³/mol. The second-order valence-electron chi connectivity index (χ2n) is 6.88. The number of likely N-dealkylation sites (tertiary alicyclic amines) is 1. The van der Waals surface area contributed by atoms with Gasteiger partial charge in [-0.2, -0.15) is 0 Å². The molecule has 1 aliphatic rings. The lowest BCUT2D eigenvalue weighted by Crippen LogP contribution is -2.39. The largest absolute Gasteiger partial charge is 0.465 e. The van der Waals surface area contributed by atoms with E-state index in [1.165, 1.54) is 7.11 Å². The number of ether oxygens (including phenoxy) is 1. The SMILES string of the molecule is COC(=O)c1ccccc1Nc1nc(C)cc(C(=O)N2CCCC(C)C2)n1. The van der Waals surface area contributed by atoms with E-state index < -0.39 is 5.97 Å². The minimum atomic E-state index is -0.454. The van der Waals surface area contributed by atoms with Crippen molar-refractivity contribution >= 4 is 23.5 Å². The number of piperidine rings is 1. The van der Waals surface area contributed by atoms with Gasteiger partial charge in [-0.15, -0.1) is 0 Å². The van der Waals surface area contributed by atoms with Gasteiger partial charge in [0.1, 0.15) is 5.69 Å². The van der Waals surface area contributed by atoms with Crippen LogP contribution >= 0.6 is 0 Å². The molecule has 1 aliphatic heterocycles. The van der Waals surface area contributed by atoms with Crippen LogP contribution in [0.5, 0.6) is 0 Å². The summed E-state index contributed by atoms with van der Waals surface area (Å²) in [5, 5.41) is 3.04. The van der Waals surface area contributed by atoms with E-state index in [4.69, 9.17) is 4.74 Å². The summed E-state index contributed by atoms with van der Waals surface area (Å²) >= 11 is 0. The number of anilines is 2. The summed E-state index contributed by atoms with van der Waals surface area (Å²) in [4.78, 5) is 35.4. The van der Waals surface area contributed by atoms with Crippen LogP contribution < -0.4 is 5.32 Å². The van der Waals surface area contributed by atoms with E-state index in [9.17, 15) is 9.59 Å². The monoisotopic (exact) mass is 368 g/mol. The molecule has 1 saturated heterocycles. The Balaban J connectivity index is 1.86. The molecule has 1 amide bonds. The van der Waals surface area contributed by atoms with Gasteiger partial charge in [0.25, 0.3) is 5.91 Å². The number of methoxy groups -OCH3 is 1. The first-order valence-corrected chi connectivity index (χ1v) is 9.07. The highest BCUT2D eigenvalue weighted by Gasteiger charge is 2.24. The molecule has 1 aromatic carbocycles. The van der Waals surface area contributed by atoms with E-state index in [0.717, 1.165) is 25.9 Å². The summed E-state index contributed by atoms with van der Waals surface area (Å²) in [5.74, 6) is 0.232. The van der Waals surface area contributed by atoms with Gasteiger partial charge in [0.2, 0.25) is 5.95 Å². The van der Waals surface area contributed by atoms with Crippen molar-refractivity contribution in [3.63, 3.8) is 0 Å². The van der Waals surface area contributed by atoms with Crippen molar-refractivity contribution < 1.29 is 14.3 Å². The molecule has 7 nitrogen and oxygen atoms in total. The third-order valence-electron chi connectivity index (χ3n) is 4.60. The normalized spacial score (nSPS) is 16.7. The lowest BCUT2D eigenvalue weighted by Gasteiger charge is -2.30. The molecular formula is C20H24N4O3. The molecule has 2 heterocycles. The predicted octanol–water partition coefficient (Wildman–Crippen LogP) is 3.19. The zero-order chi connectivity index (χ0) is 19.4. The number of benzene rings is 1. The summed E-state index contributed by atoms with van der Waals surface area (Å²) in [7, 11) is 1.33. The minimum Gasteiger partial charge on any atom is -0.465 e. The van der Waals surface area contributed by atoms with Crippen molar-refractivity contribution in [1.29, 1.82) is 0 Å². The van der Waals surface area contributed by atoms with Gasteiger partial charge in [-0.25, -0.2) is 14.8 Å². The van der Waals surface area contributed by atoms with E-state index in [1.807, 2.05) is 11.8 Å². The van der Waals surface area contributed by atoms with Crippen molar-refractivity contribution in [2.45, 2.75) is 26.7 Å². The van der Waals surface area contributed by atoms with Gasteiger partial charge in [0.05, 0.1) is 18.4 Å². The molecule has 27 heavy (non-hydrogen) atoms. The topological polar surface area (TPSA) is 84.4 Å². The van der Waals surface area contributed by atoms with E-state index in [2.05, 4.69) is 22.2 Å². The van der Waals surface area contributed by atoms with Crippen LogP contribution in [0.2, 0.25) is 0 Å². The van der Waals surface area contributed by atoms with Gasteiger partial charge in [-0.05, 0) is 43.9 Å². The Hall–Kier alpha value is -2.96. The maximum atomic E-state index is 12.9. The average molecular weight is 368 g/mol. The highest BCUT2D eigenvalue weighted by molar-refractivity contribution is 5.96. The molecule has 7 heteroatoms. The molecule has 0 bridgehead atoms. The summed E-state index contributed by atoms with van der Waals surface area (Å²) in [6.07, 6.45) is 2.15. The Morgan fingerprint density at radius 1 is 1.26 bits per heavy atom. The number of para-hydroxylation sites is 1. The smallest absolute Gasteiger partial charge is 0.339 e. The van der Waals surface area contributed by atoms with Gasteiger partial charge in [-0.3, -0.25) is 4.79 Å². The Bertz CT molecular complexity index is 853. The number of amides is 1. The Labute approximate surface area is 158 Å². The molecule has 1 fully saturated rings. The van der Waals surface area contributed by atoms with Gasteiger partial charge < -0.3 is 15.0 Å². The Morgan fingerprint density at radius 2 is 2.04 bits per heavy atom. The number of esters is 1. The molecule has 3 rings (SSSR count). The zero-order valence-electron chi connectivity index (χ0n) is 15.9. The molecule has 2 aromatic rings. The molecule has 0 spiro atoms. The van der Waals surface area contributed by atoms with Crippen LogP contribution in [0.15, 0.2) is 30.3 Å². The van der Waals surface area contributed by atoms with Gasteiger partial charge in [-0.1, -0.05) is 19.1 Å². The highest BCUT2D eigenvalue weighted by atomic mass is 16.5. The molecule has 1 N–H and O–H groups in total. The second-order valence-corrected chi connectivity index (χ2v) is 6.88. The minimum absolute atomic E-state index is 0.0867. The van der Waals surface area contributed by atoms with Gasteiger partial charge in [0.15, 0.2) is 0 Å². The summed E-state index contributed by atoms with van der Waals surface area (Å²) < 4.78 is 4.81. The third kappa shape index (κ3) is 4.42. The number of hydrogen-bond donors (Lipinski definition) is 1. The van der Waals surface area contributed by atoms with Crippen LogP contribution in [-0.2, 0) is 4.74 Å². The first-order chi connectivity index (χ1) is 13.0. The maximum Gasteiger partial charge on any atom is 0.339 e.